The Morgan fingerprint density at radius 3 is 2.41 bits per heavy atom. The normalized spacial score (nSPS) is 11.8. The maximum absolute atomic E-state index is 12.1. The molecule has 1 aromatic heterocycles. The molecule has 1 aliphatic carbocycles. The molecule has 0 spiro atoms. The molecule has 1 heterocycles. The number of nitrogens with two attached hydrogens (primary N) is 1. The summed E-state index contributed by atoms with van der Waals surface area (Å²) >= 11 is 0. The molecule has 29 heavy (non-hydrogen) atoms. The predicted octanol–water partition coefficient (Wildman–Crippen LogP) is 3.86. The maximum atomic E-state index is 12.1. The van der Waals surface area contributed by atoms with Gasteiger partial charge in [-0.05, 0) is 52.8 Å². The number of carbonyl (C=O) groups excluding carboxylic acids is 1. The first-order chi connectivity index (χ1) is 14.1. The molecule has 0 bridgehead atoms. The van der Waals surface area contributed by atoms with E-state index in [1.807, 2.05) is 37.3 Å². The molecule has 3 aromatic rings. The first-order valence-electron chi connectivity index (χ1n) is 9.43. The smallest absolute Gasteiger partial charge is 0.407 e. The standard InChI is InChI=1S/C24H21N3O2/c1-16-13-17(27-23(25)14-16)7-6-12-26-24(28)29-15-22-20-10-4-2-8-18(20)19-9-3-5-11-21(19)22/h2-5,8-11,13-14,22H,12,15H2,1H3,(H2,25,27)(H,26,28). The topological polar surface area (TPSA) is 77.2 Å². The van der Waals surface area contributed by atoms with Crippen molar-refractivity contribution >= 4 is 11.9 Å². The Hall–Kier alpha value is -3.78. The first kappa shape index (κ1) is 18.6. The van der Waals surface area contributed by atoms with Gasteiger partial charge in [-0.15, -0.1) is 0 Å². The van der Waals surface area contributed by atoms with Crippen LogP contribution in [0.2, 0.25) is 0 Å². The van der Waals surface area contributed by atoms with Crippen LogP contribution in [0.4, 0.5) is 10.6 Å². The number of fused-ring (bicyclic) bond motifs is 3. The van der Waals surface area contributed by atoms with Gasteiger partial charge >= 0.3 is 6.09 Å². The van der Waals surface area contributed by atoms with Crippen molar-refractivity contribution in [3.8, 4) is 23.0 Å². The van der Waals surface area contributed by atoms with Gasteiger partial charge in [0.15, 0.2) is 0 Å². The average Bonchev–Trinajstić information content (AvgIpc) is 3.03. The van der Waals surface area contributed by atoms with E-state index in [0.29, 0.717) is 11.5 Å². The maximum Gasteiger partial charge on any atom is 0.407 e. The molecule has 3 N–H and O–H groups in total. The van der Waals surface area contributed by atoms with Gasteiger partial charge in [0.2, 0.25) is 0 Å². The van der Waals surface area contributed by atoms with Crippen LogP contribution in [0.5, 0.6) is 0 Å². The van der Waals surface area contributed by atoms with Crippen LogP contribution in [0.25, 0.3) is 11.1 Å². The van der Waals surface area contributed by atoms with Crippen LogP contribution in [0, 0.1) is 18.8 Å². The van der Waals surface area contributed by atoms with Crippen molar-refractivity contribution < 1.29 is 9.53 Å². The van der Waals surface area contributed by atoms with Crippen LogP contribution in [0.1, 0.15) is 28.3 Å². The van der Waals surface area contributed by atoms with Gasteiger partial charge in [0.25, 0.3) is 0 Å². The van der Waals surface area contributed by atoms with Crippen LogP contribution in [-0.4, -0.2) is 24.2 Å². The third-order valence-corrected chi connectivity index (χ3v) is 4.87. The Morgan fingerprint density at radius 2 is 1.76 bits per heavy atom. The number of ether oxygens (including phenoxy) is 1. The molecule has 1 amide bonds. The molecule has 2 aromatic carbocycles. The zero-order valence-corrected chi connectivity index (χ0v) is 16.1. The van der Waals surface area contributed by atoms with E-state index in [4.69, 9.17) is 10.5 Å². The predicted molar refractivity (Wildman–Crippen MR) is 113 cm³/mol. The highest BCUT2D eigenvalue weighted by molar-refractivity contribution is 5.79. The number of hydrogen-bond donors (Lipinski definition) is 2. The summed E-state index contributed by atoms with van der Waals surface area (Å²) in [7, 11) is 0. The van der Waals surface area contributed by atoms with Gasteiger partial charge in [-0.3, -0.25) is 0 Å². The lowest BCUT2D eigenvalue weighted by atomic mass is 9.98. The molecular formula is C24H21N3O2. The van der Waals surface area contributed by atoms with Crippen LogP contribution in [0.3, 0.4) is 0 Å². The largest absolute Gasteiger partial charge is 0.449 e. The van der Waals surface area contributed by atoms with Gasteiger partial charge in [0.05, 0.1) is 6.54 Å². The van der Waals surface area contributed by atoms with Crippen molar-refractivity contribution in [3.63, 3.8) is 0 Å². The van der Waals surface area contributed by atoms with E-state index in [1.165, 1.54) is 22.3 Å². The molecule has 1 aliphatic rings. The number of aryl methyl sites for hydroxylation is 1. The van der Waals surface area contributed by atoms with Gasteiger partial charge in [-0.25, -0.2) is 9.78 Å². The lowest BCUT2D eigenvalue weighted by molar-refractivity contribution is 0.144. The van der Waals surface area contributed by atoms with E-state index in [0.717, 1.165) is 5.56 Å². The average molecular weight is 383 g/mol. The Balaban J connectivity index is 1.35. The fourth-order valence-corrected chi connectivity index (χ4v) is 3.66. The van der Waals surface area contributed by atoms with E-state index in [1.54, 1.807) is 6.07 Å². The molecule has 0 radical (unpaired) electrons. The zero-order chi connectivity index (χ0) is 20.2. The summed E-state index contributed by atoms with van der Waals surface area (Å²) in [6.07, 6.45) is -0.488. The summed E-state index contributed by atoms with van der Waals surface area (Å²) in [5.74, 6) is 6.23. The van der Waals surface area contributed by atoms with Crippen molar-refractivity contribution in [1.29, 1.82) is 0 Å². The van der Waals surface area contributed by atoms with Gasteiger partial charge in [-0.1, -0.05) is 54.5 Å². The minimum absolute atomic E-state index is 0.0405. The number of anilines is 1. The quantitative estimate of drug-likeness (QED) is 0.673. The third-order valence-electron chi connectivity index (χ3n) is 4.87. The number of hydrogen-bond acceptors (Lipinski definition) is 4. The number of pyridine rings is 1. The minimum atomic E-state index is -0.488. The number of rotatable bonds is 3. The summed E-state index contributed by atoms with van der Waals surface area (Å²) < 4.78 is 5.48. The van der Waals surface area contributed by atoms with Crippen LogP contribution in [-0.2, 0) is 4.74 Å². The molecule has 0 fully saturated rings. The Kier molecular flexibility index (Phi) is 5.17. The van der Waals surface area contributed by atoms with Crippen molar-refractivity contribution in [1.82, 2.24) is 10.3 Å². The molecule has 4 rings (SSSR count). The molecule has 144 valence electrons. The molecular weight excluding hydrogens is 362 g/mol. The second kappa shape index (κ2) is 8.07. The molecule has 0 saturated heterocycles. The number of carbonyl (C=O) groups is 1. The zero-order valence-electron chi connectivity index (χ0n) is 16.1. The number of nitrogens with zero attached hydrogens (tertiary/aromatic N) is 1. The Bertz CT molecular complexity index is 1060. The van der Waals surface area contributed by atoms with Crippen molar-refractivity contribution in [2.75, 3.05) is 18.9 Å². The van der Waals surface area contributed by atoms with Gasteiger partial charge < -0.3 is 15.8 Å². The SMILES string of the molecule is Cc1cc(N)nc(C#CCNC(=O)OCC2c3ccccc3-c3ccccc32)c1. The summed E-state index contributed by atoms with van der Waals surface area (Å²) in [6.45, 7) is 2.38. The lowest BCUT2D eigenvalue weighted by Crippen LogP contribution is -2.26. The van der Waals surface area contributed by atoms with E-state index < -0.39 is 6.09 Å². The van der Waals surface area contributed by atoms with Crippen LogP contribution >= 0.6 is 0 Å². The first-order valence-corrected chi connectivity index (χ1v) is 9.43. The number of benzene rings is 2. The van der Waals surface area contributed by atoms with Crippen molar-refractivity contribution in [3.05, 3.63) is 83.0 Å². The molecule has 0 aliphatic heterocycles. The highest BCUT2D eigenvalue weighted by atomic mass is 16.5. The van der Waals surface area contributed by atoms with E-state index >= 15 is 0 Å². The van der Waals surface area contributed by atoms with Gasteiger partial charge in [0, 0.05) is 5.92 Å². The molecule has 5 nitrogen and oxygen atoms in total. The lowest BCUT2D eigenvalue weighted by Gasteiger charge is -2.14. The Labute approximate surface area is 169 Å². The number of amides is 1. The highest BCUT2D eigenvalue weighted by Gasteiger charge is 2.28. The molecule has 5 heteroatoms. The molecule has 0 unspecified atom stereocenters. The number of nitrogen functional groups attached to an aromatic ring is 1. The monoisotopic (exact) mass is 383 g/mol. The fraction of sp³-hybridized carbons (Fsp3) is 0.167. The minimum Gasteiger partial charge on any atom is -0.449 e. The Morgan fingerprint density at radius 1 is 1.10 bits per heavy atom. The van der Waals surface area contributed by atoms with Crippen molar-refractivity contribution in [2.24, 2.45) is 0 Å². The van der Waals surface area contributed by atoms with Crippen LogP contribution < -0.4 is 11.1 Å². The van der Waals surface area contributed by atoms with Gasteiger partial charge in [0.1, 0.15) is 18.1 Å². The summed E-state index contributed by atoms with van der Waals surface area (Å²) in [4.78, 5) is 16.2. The second-order valence-corrected chi connectivity index (χ2v) is 6.94. The fourth-order valence-electron chi connectivity index (χ4n) is 3.66. The highest BCUT2D eigenvalue weighted by Crippen LogP contribution is 2.44. The summed E-state index contributed by atoms with van der Waals surface area (Å²) in [5.41, 5.74) is 12.1. The van der Waals surface area contributed by atoms with E-state index in [-0.39, 0.29) is 19.1 Å². The summed E-state index contributed by atoms with van der Waals surface area (Å²) in [5, 5.41) is 2.66. The van der Waals surface area contributed by atoms with Crippen LogP contribution in [0.15, 0.2) is 60.7 Å². The van der Waals surface area contributed by atoms with E-state index in [2.05, 4.69) is 46.4 Å². The van der Waals surface area contributed by atoms with E-state index in [9.17, 15) is 4.79 Å². The molecule has 0 saturated carbocycles. The van der Waals surface area contributed by atoms with Crippen molar-refractivity contribution in [2.45, 2.75) is 12.8 Å². The summed E-state index contributed by atoms with van der Waals surface area (Å²) in [6, 6.07) is 20.1. The third kappa shape index (κ3) is 4.07. The van der Waals surface area contributed by atoms with Gasteiger partial charge in [-0.2, -0.15) is 0 Å². The number of nitrogens with one attached hydrogen (secondary N) is 1. The number of alkyl carbamates (subject to hydrolysis) is 1. The number of aromatic nitrogens is 1. The molecule has 0 atom stereocenters. The second-order valence-electron chi connectivity index (χ2n) is 6.94.